The van der Waals surface area contributed by atoms with E-state index in [0.29, 0.717) is 5.82 Å². The maximum Gasteiger partial charge on any atom is 0.166 e. The third-order valence-electron chi connectivity index (χ3n) is 2.67. The number of thiazole rings is 1. The van der Waals surface area contributed by atoms with E-state index in [4.69, 9.17) is 5.73 Å². The van der Waals surface area contributed by atoms with Crippen molar-refractivity contribution in [2.24, 2.45) is 0 Å². The Bertz CT molecular complexity index is 745. The smallest absolute Gasteiger partial charge is 0.166 e. The molecule has 3 heterocycles. The quantitative estimate of drug-likeness (QED) is 0.747. The second-order valence-electron chi connectivity index (χ2n) is 3.93. The SMILES string of the molecule is Cc1ncc(-c2cnn3c(N)c(Br)c(C)nc23)s1. The molecule has 2 N–H and O–H groups in total. The Labute approximate surface area is 116 Å². The molecule has 0 fully saturated rings. The Hall–Kier alpha value is -1.47. The lowest BCUT2D eigenvalue weighted by Crippen LogP contribution is -2.03. The van der Waals surface area contributed by atoms with Crippen molar-refractivity contribution in [1.82, 2.24) is 19.6 Å². The molecule has 18 heavy (non-hydrogen) atoms. The van der Waals surface area contributed by atoms with Gasteiger partial charge in [-0.25, -0.2) is 9.97 Å². The first-order valence-corrected chi connectivity index (χ1v) is 6.91. The normalized spacial score (nSPS) is 11.3. The van der Waals surface area contributed by atoms with Crippen LogP contribution in [0.25, 0.3) is 16.1 Å². The van der Waals surface area contributed by atoms with Crippen molar-refractivity contribution in [3.8, 4) is 10.4 Å². The zero-order chi connectivity index (χ0) is 12.9. The van der Waals surface area contributed by atoms with Crippen LogP contribution >= 0.6 is 27.3 Å². The van der Waals surface area contributed by atoms with Crippen molar-refractivity contribution in [3.63, 3.8) is 0 Å². The van der Waals surface area contributed by atoms with Gasteiger partial charge in [-0.3, -0.25) is 0 Å². The van der Waals surface area contributed by atoms with Crippen LogP contribution in [0.15, 0.2) is 16.9 Å². The van der Waals surface area contributed by atoms with Crippen LogP contribution in [-0.4, -0.2) is 19.6 Å². The first-order chi connectivity index (χ1) is 8.58. The monoisotopic (exact) mass is 323 g/mol. The Balaban J connectivity index is 2.33. The van der Waals surface area contributed by atoms with Gasteiger partial charge in [0.15, 0.2) is 5.65 Å². The number of nitrogens with two attached hydrogens (primary N) is 1. The molecule has 0 radical (unpaired) electrons. The minimum Gasteiger partial charge on any atom is -0.383 e. The van der Waals surface area contributed by atoms with Gasteiger partial charge >= 0.3 is 0 Å². The summed E-state index contributed by atoms with van der Waals surface area (Å²) in [6, 6.07) is 0. The van der Waals surface area contributed by atoms with Gasteiger partial charge in [0.25, 0.3) is 0 Å². The average molecular weight is 324 g/mol. The summed E-state index contributed by atoms with van der Waals surface area (Å²) in [5, 5.41) is 5.30. The number of aryl methyl sites for hydroxylation is 2. The molecule has 0 bridgehead atoms. The summed E-state index contributed by atoms with van der Waals surface area (Å²) in [6.07, 6.45) is 3.61. The Morgan fingerprint density at radius 3 is 2.78 bits per heavy atom. The summed E-state index contributed by atoms with van der Waals surface area (Å²) < 4.78 is 2.42. The number of nitrogens with zero attached hydrogens (tertiary/aromatic N) is 4. The highest BCUT2D eigenvalue weighted by Gasteiger charge is 2.15. The summed E-state index contributed by atoms with van der Waals surface area (Å²) in [4.78, 5) is 9.84. The van der Waals surface area contributed by atoms with Crippen molar-refractivity contribution in [2.75, 3.05) is 5.73 Å². The lowest BCUT2D eigenvalue weighted by Gasteiger charge is -2.04. The van der Waals surface area contributed by atoms with Gasteiger partial charge in [0.1, 0.15) is 5.82 Å². The third-order valence-corrected chi connectivity index (χ3v) is 4.60. The number of hydrogen-bond acceptors (Lipinski definition) is 5. The molecule has 3 aromatic rings. The molecule has 5 nitrogen and oxygen atoms in total. The van der Waals surface area contributed by atoms with E-state index in [-0.39, 0.29) is 0 Å². The van der Waals surface area contributed by atoms with Gasteiger partial charge in [-0.15, -0.1) is 11.3 Å². The highest BCUT2D eigenvalue weighted by atomic mass is 79.9. The lowest BCUT2D eigenvalue weighted by molar-refractivity contribution is 0.935. The number of fused-ring (bicyclic) bond motifs is 1. The van der Waals surface area contributed by atoms with E-state index < -0.39 is 0 Å². The van der Waals surface area contributed by atoms with Crippen LogP contribution in [0.1, 0.15) is 10.7 Å². The van der Waals surface area contributed by atoms with Crippen LogP contribution in [0.4, 0.5) is 5.82 Å². The minimum atomic E-state index is 0.560. The second-order valence-corrected chi connectivity index (χ2v) is 5.96. The van der Waals surface area contributed by atoms with Gasteiger partial charge < -0.3 is 5.73 Å². The number of anilines is 1. The Morgan fingerprint density at radius 2 is 2.11 bits per heavy atom. The van der Waals surface area contributed by atoms with Crippen LogP contribution in [0.2, 0.25) is 0 Å². The van der Waals surface area contributed by atoms with Gasteiger partial charge in [-0.1, -0.05) is 0 Å². The summed E-state index contributed by atoms with van der Waals surface area (Å²) in [5.74, 6) is 0.560. The minimum absolute atomic E-state index is 0.560. The maximum atomic E-state index is 6.02. The molecule has 3 rings (SSSR count). The highest BCUT2D eigenvalue weighted by Crippen LogP contribution is 2.31. The van der Waals surface area contributed by atoms with Crippen LogP contribution < -0.4 is 5.73 Å². The molecule has 0 aliphatic rings. The predicted octanol–water partition coefficient (Wildman–Crippen LogP) is 2.81. The van der Waals surface area contributed by atoms with E-state index in [1.807, 2.05) is 20.0 Å². The van der Waals surface area contributed by atoms with Crippen LogP contribution in [0.3, 0.4) is 0 Å². The number of nitrogen functional groups attached to an aromatic ring is 1. The summed E-state index contributed by atoms with van der Waals surface area (Å²) in [7, 11) is 0. The largest absolute Gasteiger partial charge is 0.383 e. The fraction of sp³-hybridized carbons (Fsp3) is 0.182. The zero-order valence-corrected chi connectivity index (χ0v) is 12.2. The third kappa shape index (κ3) is 1.62. The molecule has 3 aromatic heterocycles. The molecule has 92 valence electrons. The maximum absolute atomic E-state index is 6.02. The van der Waals surface area contributed by atoms with Crippen LogP contribution in [0.5, 0.6) is 0 Å². The molecule has 0 aliphatic carbocycles. The van der Waals surface area contributed by atoms with E-state index in [1.165, 1.54) is 0 Å². The van der Waals surface area contributed by atoms with E-state index in [9.17, 15) is 0 Å². The van der Waals surface area contributed by atoms with Crippen molar-refractivity contribution in [3.05, 3.63) is 27.6 Å². The van der Waals surface area contributed by atoms with Crippen molar-refractivity contribution in [2.45, 2.75) is 13.8 Å². The molecule has 0 unspecified atom stereocenters. The number of halogens is 1. The predicted molar refractivity (Wildman–Crippen MR) is 75.7 cm³/mol. The average Bonchev–Trinajstić information content (AvgIpc) is 2.92. The van der Waals surface area contributed by atoms with Crippen LogP contribution in [-0.2, 0) is 0 Å². The van der Waals surface area contributed by atoms with Gasteiger partial charge in [0, 0.05) is 6.20 Å². The molecule has 0 aliphatic heterocycles. The summed E-state index contributed by atoms with van der Waals surface area (Å²) >= 11 is 5.03. The van der Waals surface area contributed by atoms with E-state index >= 15 is 0 Å². The fourth-order valence-electron chi connectivity index (χ4n) is 1.77. The lowest BCUT2D eigenvalue weighted by atomic mass is 10.3. The molecule has 0 atom stereocenters. The Morgan fingerprint density at radius 1 is 1.33 bits per heavy atom. The van der Waals surface area contributed by atoms with Gasteiger partial charge in [0.05, 0.1) is 31.8 Å². The highest BCUT2D eigenvalue weighted by molar-refractivity contribution is 9.10. The fourth-order valence-corrected chi connectivity index (χ4v) is 2.81. The summed E-state index contributed by atoms with van der Waals surface area (Å²) in [5.41, 5.74) is 8.59. The van der Waals surface area contributed by atoms with E-state index in [2.05, 4.69) is 31.0 Å². The first kappa shape index (κ1) is 11.6. The van der Waals surface area contributed by atoms with Gasteiger partial charge in [-0.2, -0.15) is 9.61 Å². The molecular weight excluding hydrogens is 314 g/mol. The first-order valence-electron chi connectivity index (χ1n) is 5.30. The molecular formula is C11H10BrN5S. The molecule has 0 spiro atoms. The van der Waals surface area contributed by atoms with E-state index in [1.54, 1.807) is 22.0 Å². The van der Waals surface area contributed by atoms with Crippen LogP contribution in [0, 0.1) is 13.8 Å². The van der Waals surface area contributed by atoms with Crippen molar-refractivity contribution < 1.29 is 0 Å². The molecule has 0 saturated carbocycles. The molecule has 0 aromatic carbocycles. The number of hydrogen-bond donors (Lipinski definition) is 1. The zero-order valence-electron chi connectivity index (χ0n) is 9.81. The number of aromatic nitrogens is 4. The summed E-state index contributed by atoms with van der Waals surface area (Å²) in [6.45, 7) is 3.89. The van der Waals surface area contributed by atoms with Gasteiger partial charge in [-0.05, 0) is 29.8 Å². The van der Waals surface area contributed by atoms with Crippen molar-refractivity contribution in [1.29, 1.82) is 0 Å². The Kier molecular flexibility index (Phi) is 2.60. The number of rotatable bonds is 1. The second kappa shape index (κ2) is 4.03. The topological polar surface area (TPSA) is 69.1 Å². The molecule has 7 heteroatoms. The molecule has 0 amide bonds. The standard InChI is InChI=1S/C11H10BrN5S/c1-5-9(12)10(13)17-11(16-5)7(3-15-17)8-4-14-6(2)18-8/h3-4H,13H2,1-2H3. The van der Waals surface area contributed by atoms with Crippen molar-refractivity contribution >= 4 is 38.7 Å². The van der Waals surface area contributed by atoms with E-state index in [0.717, 1.165) is 31.3 Å². The molecule has 0 saturated heterocycles. The van der Waals surface area contributed by atoms with Gasteiger partial charge in [0.2, 0.25) is 0 Å².